The molecule has 2 aliphatic heterocycles. The molecule has 0 amide bonds. The number of nitrogens with zero attached hydrogens (tertiary/aromatic N) is 2. The van der Waals surface area contributed by atoms with Crippen LogP contribution in [0.25, 0.3) is 0 Å². The van der Waals surface area contributed by atoms with E-state index in [0.717, 1.165) is 0 Å². The van der Waals surface area contributed by atoms with Gasteiger partial charge in [0.05, 0.1) is 61.3 Å². The molecule has 246 valence electrons. The standard InChI is InChI=1S/C12H13Cl2NO4S.C11H11Cl2NO4S.C4H9O.K/c1-19-12(16)11-9(13)6-8(7-10(11)14)15-2-4-20(17,18)5-3-15;12-8-5-7(6-9(13)10(8)11(15)16)14-1-3-19(17,18)4-2-14;1-4(2,3)5;/h6-7H,2-5H2,1H3;5-6H,1-4H2,(H,15,16);1-3H3;/q;;-1;+1. The third-order valence-corrected chi connectivity index (χ3v) is 10.5. The van der Waals surface area contributed by atoms with E-state index in [2.05, 4.69) is 4.74 Å². The number of ether oxygens (including phenoxy) is 1. The summed E-state index contributed by atoms with van der Waals surface area (Å²) in [6.07, 6.45) is 0. The number of sulfone groups is 2. The first-order chi connectivity index (χ1) is 20.1. The number of rotatable bonds is 4. The SMILES string of the molecule is CC(C)(C)[O-].COC(=O)c1c(Cl)cc(N2CCS(=O)(=O)CC2)cc1Cl.O=C(O)c1c(Cl)cc(N2CCS(=O)(=O)CC2)cc1Cl.[K+]. The Hall–Kier alpha value is -0.364. The summed E-state index contributed by atoms with van der Waals surface area (Å²) in [5.41, 5.74) is 0.554. The van der Waals surface area contributed by atoms with Gasteiger partial charge < -0.3 is 24.7 Å². The number of hydrogen-bond acceptors (Lipinski definition) is 10. The molecule has 2 aliphatic rings. The number of esters is 1. The quantitative estimate of drug-likeness (QED) is 0.350. The summed E-state index contributed by atoms with van der Waals surface area (Å²) in [7, 11) is -4.67. The maximum atomic E-state index is 11.5. The van der Waals surface area contributed by atoms with Crippen LogP contribution in [-0.4, -0.2) is 95.8 Å². The van der Waals surface area contributed by atoms with E-state index in [1.54, 1.807) is 32.9 Å². The van der Waals surface area contributed by atoms with E-state index in [1.807, 2.05) is 9.80 Å². The van der Waals surface area contributed by atoms with Crippen LogP contribution in [0.4, 0.5) is 11.4 Å². The van der Waals surface area contributed by atoms with Gasteiger partial charge in [-0.05, 0) is 24.3 Å². The first kappa shape index (κ1) is 42.7. The van der Waals surface area contributed by atoms with Crippen LogP contribution in [0.3, 0.4) is 0 Å². The average molecular weight is 775 g/mol. The fourth-order valence-corrected chi connectivity index (χ4v) is 7.60. The maximum absolute atomic E-state index is 11.5. The minimum Gasteiger partial charge on any atom is -0.850 e. The fraction of sp³-hybridized carbons (Fsp3) is 0.481. The fourth-order valence-electron chi connectivity index (χ4n) is 3.93. The van der Waals surface area contributed by atoms with Gasteiger partial charge in [-0.25, -0.2) is 26.4 Å². The average Bonchev–Trinajstić information content (AvgIpc) is 2.86. The number of carbonyl (C=O) groups excluding carboxylic acids is 1. The van der Waals surface area contributed by atoms with Crippen molar-refractivity contribution in [2.45, 2.75) is 26.4 Å². The van der Waals surface area contributed by atoms with Gasteiger partial charge in [0.15, 0.2) is 19.7 Å². The van der Waals surface area contributed by atoms with Gasteiger partial charge in [-0.15, -0.1) is 5.60 Å². The van der Waals surface area contributed by atoms with Crippen LogP contribution >= 0.6 is 46.4 Å². The zero-order valence-corrected chi connectivity index (χ0v) is 33.2. The molecule has 2 heterocycles. The van der Waals surface area contributed by atoms with Crippen molar-refractivity contribution < 1.29 is 92.8 Å². The third-order valence-electron chi connectivity index (χ3n) is 6.08. The smallest absolute Gasteiger partial charge is 0.850 e. The van der Waals surface area contributed by atoms with Crippen molar-refractivity contribution >= 4 is 89.4 Å². The summed E-state index contributed by atoms with van der Waals surface area (Å²) in [6.45, 7) is 6.36. The van der Waals surface area contributed by atoms with Crippen molar-refractivity contribution in [3.63, 3.8) is 0 Å². The first-order valence-corrected chi connectivity index (χ1v) is 18.2. The number of anilines is 2. The molecule has 2 aromatic carbocycles. The van der Waals surface area contributed by atoms with Crippen LogP contribution in [0.15, 0.2) is 24.3 Å². The van der Waals surface area contributed by atoms with Gasteiger partial charge in [0.1, 0.15) is 0 Å². The summed E-state index contributed by atoms with van der Waals surface area (Å²) >= 11 is 23.9. The zero-order valence-electron chi connectivity index (χ0n) is 25.4. The predicted octanol–water partition coefficient (Wildman–Crippen LogP) is 1.09. The van der Waals surface area contributed by atoms with E-state index in [1.165, 1.54) is 19.2 Å². The largest absolute Gasteiger partial charge is 1.00 e. The van der Waals surface area contributed by atoms with Crippen molar-refractivity contribution in [3.05, 3.63) is 55.5 Å². The Morgan fingerprint density at radius 2 is 1.00 bits per heavy atom. The van der Waals surface area contributed by atoms with Crippen molar-refractivity contribution in [2.24, 2.45) is 0 Å². The Morgan fingerprint density at radius 1 is 0.733 bits per heavy atom. The molecular formula is C27H33Cl4KN2O9S2. The van der Waals surface area contributed by atoms with Crippen LogP contribution in [-0.2, 0) is 24.4 Å². The summed E-state index contributed by atoms with van der Waals surface area (Å²) < 4.78 is 50.1. The van der Waals surface area contributed by atoms with Gasteiger partial charge in [-0.3, -0.25) is 0 Å². The third kappa shape index (κ3) is 14.0. The molecule has 0 aromatic heterocycles. The van der Waals surface area contributed by atoms with E-state index < -0.39 is 37.2 Å². The Labute approximate surface area is 326 Å². The molecule has 4 rings (SSSR count). The molecule has 0 radical (unpaired) electrons. The van der Waals surface area contributed by atoms with E-state index in [9.17, 15) is 31.5 Å². The topological polar surface area (TPSA) is 161 Å². The molecule has 2 saturated heterocycles. The Kier molecular flexibility index (Phi) is 16.9. The van der Waals surface area contributed by atoms with Gasteiger partial charge in [-0.1, -0.05) is 67.2 Å². The molecule has 2 fully saturated rings. The van der Waals surface area contributed by atoms with Gasteiger partial charge in [0.25, 0.3) is 0 Å². The maximum Gasteiger partial charge on any atom is 1.00 e. The van der Waals surface area contributed by atoms with Crippen molar-refractivity contribution in [1.82, 2.24) is 0 Å². The molecule has 18 heteroatoms. The van der Waals surface area contributed by atoms with E-state index in [0.29, 0.717) is 37.6 Å². The summed E-state index contributed by atoms with van der Waals surface area (Å²) in [5.74, 6) is -1.45. The van der Waals surface area contributed by atoms with Gasteiger partial charge in [0, 0.05) is 37.6 Å². The Balaban J connectivity index is 0.000000385. The van der Waals surface area contributed by atoms with Crippen LogP contribution in [0.1, 0.15) is 41.5 Å². The number of methoxy groups -OCH3 is 1. The summed E-state index contributed by atoms with van der Waals surface area (Å²) in [6, 6.07) is 6.18. The molecule has 45 heavy (non-hydrogen) atoms. The van der Waals surface area contributed by atoms with E-state index in [-0.39, 0.29) is 106 Å². The molecular weight excluding hydrogens is 741 g/mol. The van der Waals surface area contributed by atoms with Crippen molar-refractivity contribution in [1.29, 1.82) is 0 Å². The second-order valence-corrected chi connectivity index (χ2v) is 17.0. The summed E-state index contributed by atoms with van der Waals surface area (Å²) in [5, 5.41) is 19.5. The second kappa shape index (κ2) is 17.9. The second-order valence-electron chi connectivity index (χ2n) is 10.8. The predicted molar refractivity (Wildman–Crippen MR) is 173 cm³/mol. The molecule has 1 N–H and O–H groups in total. The number of hydrogen-bond donors (Lipinski definition) is 1. The van der Waals surface area contributed by atoms with Crippen molar-refractivity contribution in [3.8, 4) is 0 Å². The van der Waals surface area contributed by atoms with Crippen LogP contribution in [0.2, 0.25) is 20.1 Å². The van der Waals surface area contributed by atoms with Gasteiger partial charge >= 0.3 is 63.3 Å². The molecule has 11 nitrogen and oxygen atoms in total. The molecule has 0 spiro atoms. The number of benzene rings is 2. The van der Waals surface area contributed by atoms with Gasteiger partial charge in [0.2, 0.25) is 0 Å². The first-order valence-electron chi connectivity index (χ1n) is 13.0. The Morgan fingerprint density at radius 3 is 1.24 bits per heavy atom. The number of carboxylic acid groups (broad SMARTS) is 1. The molecule has 0 unspecified atom stereocenters. The molecule has 0 atom stereocenters. The normalized spacial score (nSPS) is 17.0. The molecule has 0 bridgehead atoms. The van der Waals surface area contributed by atoms with Crippen LogP contribution < -0.4 is 66.3 Å². The Bertz CT molecular complexity index is 1520. The number of carbonyl (C=O) groups is 2. The minimum atomic E-state index is -2.97. The molecule has 2 aromatic rings. The number of carboxylic acids is 1. The number of aromatic carboxylic acids is 1. The zero-order chi connectivity index (χ0) is 33.6. The number of halogens is 4. The van der Waals surface area contributed by atoms with E-state index in [4.69, 9.17) is 51.5 Å². The van der Waals surface area contributed by atoms with E-state index >= 15 is 0 Å². The van der Waals surface area contributed by atoms with Crippen LogP contribution in [0.5, 0.6) is 0 Å². The van der Waals surface area contributed by atoms with Crippen LogP contribution in [0, 0.1) is 0 Å². The summed E-state index contributed by atoms with van der Waals surface area (Å²) in [4.78, 5) is 26.2. The molecule has 0 aliphatic carbocycles. The van der Waals surface area contributed by atoms with Crippen molar-refractivity contribution in [2.75, 3.05) is 66.1 Å². The minimum absolute atomic E-state index is 0. The molecule has 0 saturated carbocycles. The van der Waals surface area contributed by atoms with Gasteiger partial charge in [-0.2, -0.15) is 0 Å². The monoisotopic (exact) mass is 772 g/mol.